The Morgan fingerprint density at radius 1 is 1.05 bits per heavy atom. The fourth-order valence-corrected chi connectivity index (χ4v) is 2.53. The van der Waals surface area contributed by atoms with Crippen LogP contribution in [0.25, 0.3) is 22.3 Å². The minimum Gasteiger partial charge on any atom is -0.370 e. The van der Waals surface area contributed by atoms with E-state index < -0.39 is 0 Å². The highest BCUT2D eigenvalue weighted by atomic mass is 79.9. The zero-order valence-electron chi connectivity index (χ0n) is 11.1. The van der Waals surface area contributed by atoms with Gasteiger partial charge in [-0.15, -0.1) is 0 Å². The minimum absolute atomic E-state index is 0.737. The Kier molecular flexibility index (Phi) is 3.65. The molecule has 20 heavy (non-hydrogen) atoms. The average molecular weight is 328 g/mol. The van der Waals surface area contributed by atoms with E-state index in [1.165, 1.54) is 0 Å². The lowest BCUT2D eigenvalue weighted by Gasteiger charge is -2.09. The second-order valence-electron chi connectivity index (χ2n) is 4.45. The predicted octanol–water partition coefficient (Wildman–Crippen LogP) is 4.49. The van der Waals surface area contributed by atoms with Crippen LogP contribution in [0.4, 0.5) is 5.82 Å². The van der Waals surface area contributed by atoms with E-state index in [1.54, 1.807) is 0 Å². The molecule has 0 atom stereocenters. The van der Waals surface area contributed by atoms with E-state index in [9.17, 15) is 0 Å². The number of hydrogen-bond acceptors (Lipinski definition) is 3. The van der Waals surface area contributed by atoms with Crippen molar-refractivity contribution in [1.29, 1.82) is 0 Å². The molecule has 0 radical (unpaired) electrons. The topological polar surface area (TPSA) is 37.8 Å². The fraction of sp³-hybridized carbons (Fsp3) is 0.125. The summed E-state index contributed by atoms with van der Waals surface area (Å²) in [6, 6.07) is 16.1. The van der Waals surface area contributed by atoms with Gasteiger partial charge in [0.1, 0.15) is 5.82 Å². The molecule has 1 N–H and O–H groups in total. The van der Waals surface area contributed by atoms with Gasteiger partial charge >= 0.3 is 0 Å². The number of nitrogens with zero attached hydrogens (tertiary/aromatic N) is 2. The van der Waals surface area contributed by atoms with Crippen LogP contribution in [0.3, 0.4) is 0 Å². The molecule has 3 aromatic rings. The minimum atomic E-state index is 0.737. The Hall–Kier alpha value is -1.94. The summed E-state index contributed by atoms with van der Waals surface area (Å²) >= 11 is 3.49. The van der Waals surface area contributed by atoms with Crippen molar-refractivity contribution in [2.45, 2.75) is 6.92 Å². The molecule has 4 heteroatoms. The molecule has 0 saturated heterocycles. The van der Waals surface area contributed by atoms with Gasteiger partial charge in [0.25, 0.3) is 0 Å². The quantitative estimate of drug-likeness (QED) is 0.770. The highest BCUT2D eigenvalue weighted by Gasteiger charge is 2.08. The molecule has 0 spiro atoms. The van der Waals surface area contributed by atoms with Gasteiger partial charge < -0.3 is 5.32 Å². The van der Waals surface area contributed by atoms with Gasteiger partial charge in [0, 0.05) is 22.0 Å². The van der Waals surface area contributed by atoms with E-state index in [4.69, 9.17) is 0 Å². The molecule has 0 aliphatic rings. The number of nitrogens with one attached hydrogen (secondary N) is 1. The normalized spacial score (nSPS) is 10.7. The van der Waals surface area contributed by atoms with Crippen molar-refractivity contribution in [2.75, 3.05) is 11.9 Å². The van der Waals surface area contributed by atoms with Gasteiger partial charge in [-0.2, -0.15) is 0 Å². The lowest BCUT2D eigenvalue weighted by Crippen LogP contribution is -2.02. The Morgan fingerprint density at radius 3 is 2.70 bits per heavy atom. The highest BCUT2D eigenvalue weighted by Crippen LogP contribution is 2.26. The maximum absolute atomic E-state index is 4.66. The molecule has 3 rings (SSSR count). The van der Waals surface area contributed by atoms with Crippen molar-refractivity contribution in [2.24, 2.45) is 0 Å². The van der Waals surface area contributed by atoms with Crippen LogP contribution in [0.5, 0.6) is 0 Å². The standard InChI is InChI=1S/C16H14BrN3/c1-2-18-16-13-8-3-4-9-14(13)19-15(20-16)11-6-5-7-12(17)10-11/h3-10H,2H2,1H3,(H,18,19,20). The van der Waals surface area contributed by atoms with Crippen LogP contribution in [-0.2, 0) is 0 Å². The first kappa shape index (κ1) is 13.1. The lowest BCUT2D eigenvalue weighted by atomic mass is 10.2. The van der Waals surface area contributed by atoms with Crippen molar-refractivity contribution >= 4 is 32.7 Å². The van der Waals surface area contributed by atoms with Crippen LogP contribution in [0.15, 0.2) is 53.0 Å². The fourth-order valence-electron chi connectivity index (χ4n) is 2.14. The third-order valence-corrected chi connectivity index (χ3v) is 3.52. The smallest absolute Gasteiger partial charge is 0.162 e. The molecule has 0 aliphatic carbocycles. The van der Waals surface area contributed by atoms with Gasteiger partial charge in [-0.3, -0.25) is 0 Å². The Bertz CT molecular complexity index is 756. The maximum atomic E-state index is 4.66. The molecule has 0 amide bonds. The van der Waals surface area contributed by atoms with Crippen molar-refractivity contribution in [3.63, 3.8) is 0 Å². The largest absolute Gasteiger partial charge is 0.370 e. The number of hydrogen-bond donors (Lipinski definition) is 1. The van der Waals surface area contributed by atoms with Crippen molar-refractivity contribution in [3.8, 4) is 11.4 Å². The second-order valence-corrected chi connectivity index (χ2v) is 5.37. The summed E-state index contributed by atoms with van der Waals surface area (Å²) in [5.74, 6) is 1.62. The Balaban J connectivity index is 2.21. The predicted molar refractivity (Wildman–Crippen MR) is 86.8 cm³/mol. The zero-order chi connectivity index (χ0) is 13.9. The molecule has 100 valence electrons. The molecule has 0 saturated carbocycles. The number of para-hydroxylation sites is 1. The van der Waals surface area contributed by atoms with Gasteiger partial charge in [0.2, 0.25) is 0 Å². The summed E-state index contributed by atoms with van der Waals surface area (Å²) in [5, 5.41) is 4.36. The number of anilines is 1. The molecule has 3 nitrogen and oxygen atoms in total. The van der Waals surface area contributed by atoms with Crippen LogP contribution >= 0.6 is 15.9 Å². The monoisotopic (exact) mass is 327 g/mol. The van der Waals surface area contributed by atoms with E-state index in [1.807, 2.05) is 48.5 Å². The van der Waals surface area contributed by atoms with Crippen LogP contribution in [-0.4, -0.2) is 16.5 Å². The van der Waals surface area contributed by atoms with Gasteiger partial charge in [-0.05, 0) is 31.2 Å². The number of rotatable bonds is 3. The Labute approximate surface area is 126 Å². The lowest BCUT2D eigenvalue weighted by molar-refractivity contribution is 1.14. The average Bonchev–Trinajstić information content (AvgIpc) is 2.47. The second kappa shape index (κ2) is 5.59. The molecule has 0 bridgehead atoms. The first-order valence-electron chi connectivity index (χ1n) is 6.54. The third kappa shape index (κ3) is 2.51. The summed E-state index contributed by atoms with van der Waals surface area (Å²) in [7, 11) is 0. The summed E-state index contributed by atoms with van der Waals surface area (Å²) in [6.45, 7) is 2.90. The molecule has 0 fully saturated rings. The molecular formula is C16H14BrN3. The molecule has 1 aromatic heterocycles. The van der Waals surface area contributed by atoms with Crippen LogP contribution < -0.4 is 5.32 Å². The van der Waals surface area contributed by atoms with Gasteiger partial charge in [0.05, 0.1) is 5.52 Å². The molecule has 2 aromatic carbocycles. The summed E-state index contributed by atoms with van der Waals surface area (Å²) in [4.78, 5) is 9.32. The van der Waals surface area contributed by atoms with E-state index in [-0.39, 0.29) is 0 Å². The number of halogens is 1. The van der Waals surface area contributed by atoms with Crippen molar-refractivity contribution in [1.82, 2.24) is 9.97 Å². The first-order valence-corrected chi connectivity index (χ1v) is 7.34. The molecule has 1 heterocycles. The molecule has 0 aliphatic heterocycles. The van der Waals surface area contributed by atoms with E-state index in [2.05, 4.69) is 38.1 Å². The summed E-state index contributed by atoms with van der Waals surface area (Å²) in [6.07, 6.45) is 0. The first-order chi connectivity index (χ1) is 9.78. The van der Waals surface area contributed by atoms with Gasteiger partial charge in [0.15, 0.2) is 5.82 Å². The van der Waals surface area contributed by atoms with Gasteiger partial charge in [-0.25, -0.2) is 9.97 Å². The van der Waals surface area contributed by atoms with Crippen molar-refractivity contribution in [3.05, 3.63) is 53.0 Å². The number of fused-ring (bicyclic) bond motifs is 1. The molecular weight excluding hydrogens is 314 g/mol. The van der Waals surface area contributed by atoms with Crippen LogP contribution in [0.2, 0.25) is 0 Å². The highest BCUT2D eigenvalue weighted by molar-refractivity contribution is 9.10. The number of aromatic nitrogens is 2. The Morgan fingerprint density at radius 2 is 1.90 bits per heavy atom. The number of benzene rings is 2. The molecule has 0 unspecified atom stereocenters. The summed E-state index contributed by atoms with van der Waals surface area (Å²) in [5.41, 5.74) is 1.96. The van der Waals surface area contributed by atoms with E-state index in [0.29, 0.717) is 0 Å². The van der Waals surface area contributed by atoms with Crippen LogP contribution in [0.1, 0.15) is 6.92 Å². The van der Waals surface area contributed by atoms with Crippen LogP contribution in [0, 0.1) is 0 Å². The van der Waals surface area contributed by atoms with Crippen molar-refractivity contribution < 1.29 is 0 Å². The third-order valence-electron chi connectivity index (χ3n) is 3.03. The zero-order valence-corrected chi connectivity index (χ0v) is 12.7. The summed E-state index contributed by atoms with van der Waals surface area (Å²) < 4.78 is 1.02. The van der Waals surface area contributed by atoms with E-state index in [0.717, 1.165) is 39.1 Å². The maximum Gasteiger partial charge on any atom is 0.162 e. The van der Waals surface area contributed by atoms with E-state index >= 15 is 0 Å². The van der Waals surface area contributed by atoms with Gasteiger partial charge in [-0.1, -0.05) is 40.2 Å². The SMILES string of the molecule is CCNc1nc(-c2cccc(Br)c2)nc2ccccc12.